The van der Waals surface area contributed by atoms with E-state index in [1.54, 1.807) is 20.4 Å². The van der Waals surface area contributed by atoms with E-state index in [1.165, 1.54) is 0 Å². The Morgan fingerprint density at radius 3 is 2.32 bits per heavy atom. The van der Waals surface area contributed by atoms with Crippen LogP contribution in [0.3, 0.4) is 0 Å². The first-order valence-electron chi connectivity index (χ1n) is 9.82. The lowest BCUT2D eigenvalue weighted by molar-refractivity contribution is -0.134. The van der Waals surface area contributed by atoms with Crippen LogP contribution in [0.2, 0.25) is 0 Å². The summed E-state index contributed by atoms with van der Waals surface area (Å²) in [7, 11) is 3.17. The van der Waals surface area contributed by atoms with Crippen molar-refractivity contribution in [3.8, 4) is 28.5 Å². The molecule has 28 heavy (non-hydrogen) atoms. The van der Waals surface area contributed by atoms with Gasteiger partial charge in [-0.05, 0) is 36.6 Å². The van der Waals surface area contributed by atoms with Crippen molar-refractivity contribution < 1.29 is 19.0 Å². The molecule has 1 saturated carbocycles. The Morgan fingerprint density at radius 1 is 1.00 bits per heavy atom. The number of pyridine rings is 1. The molecule has 6 nitrogen and oxygen atoms in total. The molecule has 1 aromatic heterocycles. The molecule has 4 rings (SSSR count). The quantitative estimate of drug-likeness (QED) is 0.765. The van der Waals surface area contributed by atoms with Gasteiger partial charge >= 0.3 is 0 Å². The lowest BCUT2D eigenvalue weighted by atomic mass is 10.1. The first kappa shape index (κ1) is 18.6. The predicted octanol–water partition coefficient (Wildman–Crippen LogP) is 3.55. The summed E-state index contributed by atoms with van der Waals surface area (Å²) in [6.45, 7) is 1.60. The van der Waals surface area contributed by atoms with Crippen LogP contribution in [0.15, 0.2) is 36.5 Å². The van der Waals surface area contributed by atoms with Crippen LogP contribution in [0.4, 0.5) is 0 Å². The Labute approximate surface area is 165 Å². The number of hydrogen-bond acceptors (Lipinski definition) is 5. The number of methoxy groups -OCH3 is 2. The highest BCUT2D eigenvalue weighted by molar-refractivity contribution is 5.81. The molecule has 1 aliphatic heterocycles. The number of aromatic nitrogens is 1. The van der Waals surface area contributed by atoms with Crippen LogP contribution in [0, 0.1) is 5.92 Å². The standard InChI is InChI=1S/C22H26N2O4/c1-26-20-13-17(14-23-21(20)27-2)15-5-7-18(8-6-15)28-19-9-11-24(12-10-19)22(25)16-3-4-16/h5-8,13-14,16,19H,3-4,9-12H2,1-2H3. The first-order valence-corrected chi connectivity index (χ1v) is 9.82. The molecule has 1 saturated heterocycles. The van der Waals surface area contributed by atoms with Gasteiger partial charge in [-0.3, -0.25) is 4.79 Å². The third kappa shape index (κ3) is 4.06. The monoisotopic (exact) mass is 382 g/mol. The van der Waals surface area contributed by atoms with Crippen LogP contribution in [0.25, 0.3) is 11.1 Å². The molecule has 2 heterocycles. The van der Waals surface area contributed by atoms with E-state index in [9.17, 15) is 4.79 Å². The van der Waals surface area contributed by atoms with Crippen molar-refractivity contribution in [2.24, 2.45) is 5.92 Å². The lowest BCUT2D eigenvalue weighted by Gasteiger charge is -2.32. The van der Waals surface area contributed by atoms with Crippen molar-refractivity contribution in [3.05, 3.63) is 36.5 Å². The zero-order valence-electron chi connectivity index (χ0n) is 16.4. The fraction of sp³-hybridized carbons (Fsp3) is 0.455. The second-order valence-electron chi connectivity index (χ2n) is 7.38. The van der Waals surface area contributed by atoms with Gasteiger partial charge in [-0.1, -0.05) is 12.1 Å². The summed E-state index contributed by atoms with van der Waals surface area (Å²) in [5.74, 6) is 2.57. The van der Waals surface area contributed by atoms with Gasteiger partial charge in [0, 0.05) is 43.6 Å². The minimum atomic E-state index is 0.164. The largest absolute Gasteiger partial charge is 0.491 e. The van der Waals surface area contributed by atoms with E-state index in [0.29, 0.717) is 23.5 Å². The van der Waals surface area contributed by atoms with E-state index in [0.717, 1.165) is 55.6 Å². The van der Waals surface area contributed by atoms with Crippen molar-refractivity contribution in [3.63, 3.8) is 0 Å². The average molecular weight is 382 g/mol. The molecule has 0 bridgehead atoms. The van der Waals surface area contributed by atoms with Gasteiger partial charge in [0.15, 0.2) is 5.75 Å². The molecule has 0 unspecified atom stereocenters. The molecule has 1 aromatic carbocycles. The first-order chi connectivity index (χ1) is 13.7. The fourth-order valence-corrected chi connectivity index (χ4v) is 3.59. The molecule has 2 aromatic rings. The molecule has 0 radical (unpaired) electrons. The van der Waals surface area contributed by atoms with Gasteiger partial charge in [-0.2, -0.15) is 0 Å². The highest BCUT2D eigenvalue weighted by Crippen LogP contribution is 2.33. The van der Waals surface area contributed by atoms with Crippen molar-refractivity contribution in [1.29, 1.82) is 0 Å². The van der Waals surface area contributed by atoms with E-state index >= 15 is 0 Å². The van der Waals surface area contributed by atoms with E-state index in [1.807, 2.05) is 35.2 Å². The maximum Gasteiger partial charge on any atom is 0.256 e. The Balaban J connectivity index is 1.35. The molecular formula is C22H26N2O4. The summed E-state index contributed by atoms with van der Waals surface area (Å²) in [6, 6.07) is 9.91. The maximum absolute atomic E-state index is 12.1. The molecule has 1 amide bonds. The third-order valence-corrected chi connectivity index (χ3v) is 5.40. The van der Waals surface area contributed by atoms with Crippen LogP contribution in [0.1, 0.15) is 25.7 Å². The SMILES string of the molecule is COc1cc(-c2ccc(OC3CCN(C(=O)C4CC4)CC3)cc2)cnc1OC. The molecule has 148 valence electrons. The van der Waals surface area contributed by atoms with Crippen molar-refractivity contribution in [1.82, 2.24) is 9.88 Å². The molecule has 6 heteroatoms. The molecule has 0 spiro atoms. The number of likely N-dealkylation sites (tertiary alicyclic amines) is 1. The van der Waals surface area contributed by atoms with Crippen LogP contribution >= 0.6 is 0 Å². The van der Waals surface area contributed by atoms with Crippen molar-refractivity contribution in [2.45, 2.75) is 31.8 Å². The molecule has 2 aliphatic rings. The maximum atomic E-state index is 12.1. The average Bonchev–Trinajstić information content (AvgIpc) is 3.59. The molecule has 2 fully saturated rings. The number of ether oxygens (including phenoxy) is 3. The number of amides is 1. The van der Waals surface area contributed by atoms with Crippen molar-refractivity contribution >= 4 is 5.91 Å². The number of piperidine rings is 1. The smallest absolute Gasteiger partial charge is 0.256 e. The lowest BCUT2D eigenvalue weighted by Crippen LogP contribution is -2.42. The number of carbonyl (C=O) groups excluding carboxylic acids is 1. The van der Waals surface area contributed by atoms with Crippen LogP contribution in [-0.4, -0.2) is 49.2 Å². The molecule has 0 N–H and O–H groups in total. The van der Waals surface area contributed by atoms with E-state index in [2.05, 4.69) is 4.98 Å². The zero-order valence-corrected chi connectivity index (χ0v) is 16.4. The Hall–Kier alpha value is -2.76. The van der Waals surface area contributed by atoms with Crippen LogP contribution in [0.5, 0.6) is 17.4 Å². The normalized spacial score (nSPS) is 17.3. The molecule has 0 atom stereocenters. The fourth-order valence-electron chi connectivity index (χ4n) is 3.59. The zero-order chi connectivity index (χ0) is 19.5. The number of hydrogen-bond donors (Lipinski definition) is 0. The van der Waals surface area contributed by atoms with E-state index in [4.69, 9.17) is 14.2 Å². The summed E-state index contributed by atoms with van der Waals surface area (Å²) in [5, 5.41) is 0. The van der Waals surface area contributed by atoms with Gasteiger partial charge in [0.25, 0.3) is 5.88 Å². The van der Waals surface area contributed by atoms with Crippen LogP contribution < -0.4 is 14.2 Å². The Morgan fingerprint density at radius 2 is 1.71 bits per heavy atom. The second-order valence-corrected chi connectivity index (χ2v) is 7.38. The minimum Gasteiger partial charge on any atom is -0.491 e. The minimum absolute atomic E-state index is 0.164. The highest BCUT2D eigenvalue weighted by Gasteiger charge is 2.35. The highest BCUT2D eigenvalue weighted by atomic mass is 16.5. The van der Waals surface area contributed by atoms with Crippen molar-refractivity contribution in [2.75, 3.05) is 27.3 Å². The number of benzene rings is 1. The van der Waals surface area contributed by atoms with Crippen LogP contribution in [-0.2, 0) is 4.79 Å². The van der Waals surface area contributed by atoms with Gasteiger partial charge in [0.05, 0.1) is 14.2 Å². The van der Waals surface area contributed by atoms with Gasteiger partial charge in [0.1, 0.15) is 11.9 Å². The summed E-state index contributed by atoms with van der Waals surface area (Å²) >= 11 is 0. The van der Waals surface area contributed by atoms with Gasteiger partial charge < -0.3 is 19.1 Å². The summed E-state index contributed by atoms with van der Waals surface area (Å²) in [5.41, 5.74) is 1.99. The summed E-state index contributed by atoms with van der Waals surface area (Å²) in [6.07, 6.45) is 5.84. The molecular weight excluding hydrogens is 356 g/mol. The number of rotatable bonds is 6. The topological polar surface area (TPSA) is 60.9 Å². The summed E-state index contributed by atoms with van der Waals surface area (Å²) < 4.78 is 16.6. The Bertz CT molecular complexity index is 825. The Kier molecular flexibility index (Phi) is 5.37. The summed E-state index contributed by atoms with van der Waals surface area (Å²) in [4.78, 5) is 18.4. The van der Waals surface area contributed by atoms with E-state index < -0.39 is 0 Å². The third-order valence-electron chi connectivity index (χ3n) is 5.40. The van der Waals surface area contributed by atoms with Gasteiger partial charge in [0.2, 0.25) is 5.91 Å². The van der Waals surface area contributed by atoms with Gasteiger partial charge in [-0.25, -0.2) is 4.98 Å². The van der Waals surface area contributed by atoms with E-state index in [-0.39, 0.29) is 6.10 Å². The van der Waals surface area contributed by atoms with Gasteiger partial charge in [-0.15, -0.1) is 0 Å². The second kappa shape index (κ2) is 8.09. The predicted molar refractivity (Wildman–Crippen MR) is 106 cm³/mol. The number of nitrogens with zero attached hydrogens (tertiary/aromatic N) is 2. The molecule has 1 aliphatic carbocycles. The number of carbonyl (C=O) groups is 1.